The van der Waals surface area contributed by atoms with Crippen molar-refractivity contribution in [3.63, 3.8) is 0 Å². The molecule has 2 fully saturated rings. The summed E-state index contributed by atoms with van der Waals surface area (Å²) in [6.45, 7) is 3.60. The largest absolute Gasteiger partial charge is 0.462 e. The number of aldehydes is 1. The number of carbonyl (C=O) groups excluding carboxylic acids is 4. The number of esters is 1. The third kappa shape index (κ3) is 9.23. The highest BCUT2D eigenvalue weighted by molar-refractivity contribution is 5.86. The van der Waals surface area contributed by atoms with E-state index in [1.54, 1.807) is 0 Å². The van der Waals surface area contributed by atoms with Gasteiger partial charge in [-0.1, -0.05) is 54.6 Å². The van der Waals surface area contributed by atoms with Gasteiger partial charge in [0.05, 0.1) is 18.7 Å². The lowest BCUT2D eigenvalue weighted by molar-refractivity contribution is -0.150. The first-order chi connectivity index (χ1) is 22.4. The molecule has 0 saturated carbocycles. The van der Waals surface area contributed by atoms with Gasteiger partial charge in [0.25, 0.3) is 0 Å². The molecular formula is C36H40FN3O6. The van der Waals surface area contributed by atoms with Crippen LogP contribution in [0.4, 0.5) is 14.9 Å². The molecule has 5 rings (SSSR count). The summed E-state index contributed by atoms with van der Waals surface area (Å²) >= 11 is 0. The van der Waals surface area contributed by atoms with E-state index < -0.39 is 11.9 Å². The fraction of sp³-hybridized carbons (Fsp3) is 0.389. The second-order valence-corrected chi connectivity index (χ2v) is 11.9. The lowest BCUT2D eigenvalue weighted by atomic mass is 9.97. The molecule has 2 aliphatic heterocycles. The maximum Gasteiger partial charge on any atom is 0.411 e. The molecule has 2 aliphatic rings. The van der Waals surface area contributed by atoms with Crippen LogP contribution in [0.15, 0.2) is 72.8 Å². The number of halogens is 1. The van der Waals surface area contributed by atoms with E-state index in [9.17, 15) is 23.6 Å². The molecule has 1 N–H and O–H groups in total. The molecule has 46 heavy (non-hydrogen) atoms. The number of hydrogen-bond donors (Lipinski definition) is 1. The summed E-state index contributed by atoms with van der Waals surface area (Å²) in [4.78, 5) is 52.7. The number of benzene rings is 3. The van der Waals surface area contributed by atoms with Gasteiger partial charge >= 0.3 is 12.1 Å². The van der Waals surface area contributed by atoms with Gasteiger partial charge in [-0.05, 0) is 66.5 Å². The van der Waals surface area contributed by atoms with Gasteiger partial charge in [-0.2, -0.15) is 0 Å². The molecule has 0 aromatic heterocycles. The third-order valence-electron chi connectivity index (χ3n) is 8.69. The molecule has 2 saturated heterocycles. The molecule has 0 spiro atoms. The third-order valence-corrected chi connectivity index (χ3v) is 8.69. The van der Waals surface area contributed by atoms with Gasteiger partial charge in [0.15, 0.2) is 0 Å². The number of nitrogens with one attached hydrogen (secondary N) is 1. The number of hydrogen-bond acceptors (Lipinski definition) is 7. The Labute approximate surface area is 268 Å². The molecule has 0 atom stereocenters. The minimum atomic E-state index is -0.761. The van der Waals surface area contributed by atoms with Gasteiger partial charge in [-0.15, -0.1) is 0 Å². The summed E-state index contributed by atoms with van der Waals surface area (Å²) in [6.07, 6.45) is 3.23. The molecule has 3 aromatic carbocycles. The van der Waals surface area contributed by atoms with E-state index in [2.05, 4.69) is 10.2 Å². The van der Waals surface area contributed by atoms with E-state index in [0.29, 0.717) is 45.2 Å². The van der Waals surface area contributed by atoms with Crippen LogP contribution in [0.3, 0.4) is 0 Å². The fourth-order valence-electron chi connectivity index (χ4n) is 6.01. The van der Waals surface area contributed by atoms with Gasteiger partial charge < -0.3 is 19.3 Å². The predicted molar refractivity (Wildman–Crippen MR) is 172 cm³/mol. The number of piperidine rings is 2. The SMILES string of the molecule is O=Cc1ccc(NC(=O)OCC2CCN(C(=O)CCN3CCC(OC(=O)Cc4ccccc4-c4ccccc4)CC3)CC2)c(F)c1. The van der Waals surface area contributed by atoms with Crippen molar-refractivity contribution in [1.29, 1.82) is 0 Å². The van der Waals surface area contributed by atoms with Crippen LogP contribution in [-0.4, -0.2) is 79.5 Å². The van der Waals surface area contributed by atoms with Crippen molar-refractivity contribution in [3.05, 3.63) is 89.7 Å². The molecule has 0 bridgehead atoms. The van der Waals surface area contributed by atoms with Crippen molar-refractivity contribution in [2.75, 3.05) is 44.6 Å². The molecule has 242 valence electrons. The first kappa shape index (κ1) is 32.8. The van der Waals surface area contributed by atoms with Gasteiger partial charge in [0, 0.05) is 44.7 Å². The Morgan fingerprint density at radius 3 is 2.33 bits per heavy atom. The number of rotatable bonds is 11. The second-order valence-electron chi connectivity index (χ2n) is 11.9. The summed E-state index contributed by atoms with van der Waals surface area (Å²) in [7, 11) is 0. The van der Waals surface area contributed by atoms with Crippen LogP contribution in [0.25, 0.3) is 11.1 Å². The average molecular weight is 630 g/mol. The second kappa shape index (κ2) is 16.1. The smallest absolute Gasteiger partial charge is 0.411 e. The molecule has 0 aliphatic carbocycles. The molecule has 9 nitrogen and oxygen atoms in total. The van der Waals surface area contributed by atoms with Crippen molar-refractivity contribution >= 4 is 29.9 Å². The van der Waals surface area contributed by atoms with Gasteiger partial charge in [-0.25, -0.2) is 9.18 Å². The number of carbonyl (C=O) groups is 4. The first-order valence-electron chi connectivity index (χ1n) is 15.9. The Bertz CT molecular complexity index is 1500. The van der Waals surface area contributed by atoms with Crippen LogP contribution in [0.5, 0.6) is 0 Å². The summed E-state index contributed by atoms with van der Waals surface area (Å²) < 4.78 is 25.1. The number of likely N-dealkylation sites (tertiary alicyclic amines) is 2. The van der Waals surface area contributed by atoms with E-state index in [0.717, 1.165) is 48.7 Å². The number of ether oxygens (including phenoxy) is 2. The lowest BCUT2D eigenvalue weighted by Crippen LogP contribution is -2.43. The Morgan fingerprint density at radius 2 is 1.61 bits per heavy atom. The van der Waals surface area contributed by atoms with Crippen LogP contribution >= 0.6 is 0 Å². The average Bonchev–Trinajstić information content (AvgIpc) is 3.08. The van der Waals surface area contributed by atoms with Gasteiger partial charge in [0.1, 0.15) is 18.2 Å². The Kier molecular flexibility index (Phi) is 11.5. The van der Waals surface area contributed by atoms with Crippen molar-refractivity contribution in [3.8, 4) is 11.1 Å². The molecule has 10 heteroatoms. The number of amides is 2. The van der Waals surface area contributed by atoms with Crippen molar-refractivity contribution in [2.24, 2.45) is 5.92 Å². The Morgan fingerprint density at radius 1 is 0.891 bits per heavy atom. The Balaban J connectivity index is 0.957. The van der Waals surface area contributed by atoms with Gasteiger partial charge in [-0.3, -0.25) is 19.7 Å². The molecule has 2 heterocycles. The zero-order valence-corrected chi connectivity index (χ0v) is 25.9. The predicted octanol–water partition coefficient (Wildman–Crippen LogP) is 5.73. The molecular weight excluding hydrogens is 589 g/mol. The van der Waals surface area contributed by atoms with Crippen LogP contribution in [0.1, 0.15) is 48.0 Å². The topological polar surface area (TPSA) is 105 Å². The maximum atomic E-state index is 14.0. The summed E-state index contributed by atoms with van der Waals surface area (Å²) in [5, 5.41) is 2.36. The van der Waals surface area contributed by atoms with E-state index >= 15 is 0 Å². The molecule has 0 radical (unpaired) electrons. The van der Waals surface area contributed by atoms with Crippen LogP contribution in [0.2, 0.25) is 0 Å². The maximum absolute atomic E-state index is 14.0. The fourth-order valence-corrected chi connectivity index (χ4v) is 6.01. The van der Waals surface area contributed by atoms with Crippen molar-refractivity contribution in [2.45, 2.75) is 44.6 Å². The Hall–Kier alpha value is -4.57. The van der Waals surface area contributed by atoms with Crippen LogP contribution < -0.4 is 5.32 Å². The van der Waals surface area contributed by atoms with E-state index in [1.807, 2.05) is 59.5 Å². The highest BCUT2D eigenvalue weighted by atomic mass is 19.1. The highest BCUT2D eigenvalue weighted by Crippen LogP contribution is 2.25. The van der Waals surface area contributed by atoms with E-state index in [4.69, 9.17) is 9.47 Å². The van der Waals surface area contributed by atoms with Crippen LogP contribution in [0, 0.1) is 11.7 Å². The zero-order valence-electron chi connectivity index (χ0n) is 25.9. The summed E-state index contributed by atoms with van der Waals surface area (Å²) in [5.41, 5.74) is 3.19. The first-order valence-corrected chi connectivity index (χ1v) is 15.9. The van der Waals surface area contributed by atoms with E-state index in [1.165, 1.54) is 12.1 Å². The lowest BCUT2D eigenvalue weighted by Gasteiger charge is -2.34. The zero-order chi connectivity index (χ0) is 32.3. The minimum absolute atomic E-state index is 0.0538. The van der Waals surface area contributed by atoms with Crippen molar-refractivity contribution in [1.82, 2.24) is 9.80 Å². The normalized spacial score (nSPS) is 16.1. The number of anilines is 1. The minimum Gasteiger partial charge on any atom is -0.462 e. The summed E-state index contributed by atoms with van der Waals surface area (Å²) in [6, 6.07) is 21.7. The van der Waals surface area contributed by atoms with E-state index in [-0.39, 0.29) is 48.2 Å². The molecule has 0 unspecified atom stereocenters. The molecule has 3 aromatic rings. The van der Waals surface area contributed by atoms with Crippen LogP contribution in [-0.2, 0) is 25.5 Å². The summed E-state index contributed by atoms with van der Waals surface area (Å²) in [5.74, 6) is -0.703. The van der Waals surface area contributed by atoms with Crippen molar-refractivity contribution < 1.29 is 33.0 Å². The van der Waals surface area contributed by atoms with Gasteiger partial charge in [0.2, 0.25) is 5.91 Å². The highest BCUT2D eigenvalue weighted by Gasteiger charge is 2.26. The quantitative estimate of drug-likeness (QED) is 0.213. The monoisotopic (exact) mass is 629 g/mol. The standard InChI is InChI=1S/C36H40FN3O6/c37-32-22-27(24-41)10-11-33(32)38-36(44)45-25-26-12-20-40(21-13-26)34(42)16-19-39-17-14-30(15-18-39)46-35(43)23-29-8-4-5-9-31(29)28-6-2-1-3-7-28/h1-11,22,24,26,30H,12-21,23,25H2,(H,38,44). The molecule has 2 amide bonds. The number of nitrogens with zero attached hydrogens (tertiary/aromatic N) is 2.